The minimum atomic E-state index is -0.605. The highest BCUT2D eigenvalue weighted by atomic mass is 16.7. The maximum atomic E-state index is 11.8. The summed E-state index contributed by atoms with van der Waals surface area (Å²) in [6.45, 7) is 9.97. The fraction of sp³-hybridized carbons (Fsp3) is 0.839. The van der Waals surface area contributed by atoms with Gasteiger partial charge in [0, 0.05) is 19.6 Å². The first-order valence-corrected chi connectivity index (χ1v) is 14.7. The molecule has 2 heterocycles. The minimum absolute atomic E-state index is 0.157. The number of allylic oxidation sites excluding steroid dienone is 2. The number of hydrogen-bond acceptors (Lipinski definition) is 6. The van der Waals surface area contributed by atoms with Crippen molar-refractivity contribution in [3.63, 3.8) is 0 Å². The van der Waals surface area contributed by atoms with Gasteiger partial charge in [0.25, 0.3) is 0 Å². The van der Waals surface area contributed by atoms with E-state index in [-0.39, 0.29) is 46.8 Å². The van der Waals surface area contributed by atoms with Gasteiger partial charge in [-0.25, -0.2) is 4.79 Å². The van der Waals surface area contributed by atoms with Gasteiger partial charge < -0.3 is 24.1 Å². The number of ether oxygens (including phenoxy) is 4. The summed E-state index contributed by atoms with van der Waals surface area (Å²) in [4.78, 5) is 11.8. The largest absolute Gasteiger partial charge is 0.458 e. The molecule has 3 saturated carbocycles. The fourth-order valence-electron chi connectivity index (χ4n) is 9.65. The predicted octanol–water partition coefficient (Wildman–Crippen LogP) is 5.48. The summed E-state index contributed by atoms with van der Waals surface area (Å²) in [5, 5.41) is 10.3. The van der Waals surface area contributed by atoms with Crippen LogP contribution in [0.5, 0.6) is 0 Å². The van der Waals surface area contributed by atoms with Crippen molar-refractivity contribution < 1.29 is 28.8 Å². The van der Waals surface area contributed by atoms with Gasteiger partial charge in [0.1, 0.15) is 12.7 Å². The van der Waals surface area contributed by atoms with Gasteiger partial charge in [0.2, 0.25) is 0 Å². The maximum Gasteiger partial charge on any atom is 0.331 e. The molecule has 0 spiro atoms. The average Bonchev–Trinajstić information content (AvgIpc) is 3.44. The van der Waals surface area contributed by atoms with Gasteiger partial charge in [-0.1, -0.05) is 31.9 Å². The molecule has 1 N–H and O–H groups in total. The molecule has 0 amide bonds. The van der Waals surface area contributed by atoms with Crippen LogP contribution in [0.25, 0.3) is 0 Å². The normalized spacial score (nSPS) is 49.7. The summed E-state index contributed by atoms with van der Waals surface area (Å²) in [7, 11) is 1.66. The molecule has 4 fully saturated rings. The maximum absolute atomic E-state index is 11.8. The Kier molecular flexibility index (Phi) is 6.46. The average molecular weight is 515 g/mol. The Morgan fingerprint density at radius 2 is 1.86 bits per heavy atom. The predicted molar refractivity (Wildman–Crippen MR) is 140 cm³/mol. The van der Waals surface area contributed by atoms with E-state index in [2.05, 4.69) is 20.8 Å². The first-order valence-electron chi connectivity index (χ1n) is 14.7. The quantitative estimate of drug-likeness (QED) is 0.304. The molecule has 0 radical (unpaired) electrons. The number of aliphatic hydroxyl groups excluding tert-OH is 1. The Morgan fingerprint density at radius 3 is 2.59 bits per heavy atom. The summed E-state index contributed by atoms with van der Waals surface area (Å²) >= 11 is 0. The first kappa shape index (κ1) is 26.0. The molecule has 0 aromatic heterocycles. The Hall–Kier alpha value is -1.21. The highest BCUT2D eigenvalue weighted by Gasteiger charge is 2.60. The highest BCUT2D eigenvalue weighted by Crippen LogP contribution is 2.69. The van der Waals surface area contributed by atoms with Crippen LogP contribution in [0.3, 0.4) is 0 Å². The van der Waals surface area contributed by atoms with E-state index in [0.29, 0.717) is 24.9 Å². The Bertz CT molecular complexity index is 1000. The smallest absolute Gasteiger partial charge is 0.331 e. The number of aliphatic hydroxyl groups is 1. The van der Waals surface area contributed by atoms with Crippen LogP contribution in [0.4, 0.5) is 0 Å². The molecule has 2 aliphatic heterocycles. The molecule has 10 atom stereocenters. The molecule has 4 aliphatic carbocycles. The van der Waals surface area contributed by atoms with Gasteiger partial charge >= 0.3 is 5.97 Å². The molecule has 6 nitrogen and oxygen atoms in total. The van der Waals surface area contributed by atoms with E-state index in [1.807, 2.05) is 6.92 Å². The summed E-state index contributed by atoms with van der Waals surface area (Å²) < 4.78 is 23.4. The van der Waals surface area contributed by atoms with Crippen LogP contribution >= 0.6 is 0 Å². The molecule has 1 saturated heterocycles. The topological polar surface area (TPSA) is 74.2 Å². The van der Waals surface area contributed by atoms with Crippen molar-refractivity contribution in [2.45, 2.75) is 123 Å². The number of fused-ring (bicyclic) bond motifs is 4. The zero-order valence-electron chi connectivity index (χ0n) is 23.4. The summed E-state index contributed by atoms with van der Waals surface area (Å²) in [5.41, 5.74) is 5.43. The molecule has 0 bridgehead atoms. The third kappa shape index (κ3) is 3.99. The zero-order chi connectivity index (χ0) is 26.2. The van der Waals surface area contributed by atoms with Gasteiger partial charge in [0.15, 0.2) is 6.29 Å². The summed E-state index contributed by atoms with van der Waals surface area (Å²) in [5.74, 6) is 0.957. The number of rotatable bonds is 4. The molecule has 0 unspecified atom stereocenters. The standard InChI is InChI=1S/C31H46O6/c1-18-28(33)25(34-5)15-27(36-18)37-20-8-13-31(4)24-10-12-30(3)22(19-14-26(32)35-17-19)6-7-23(30)21(24)9-11-29(31,2)16-20/h14,18,20,22,24-25,27-28,33H,6-13,15-17H2,1-5H3/t18-,20-,22-,24-,25-,27+,28+,29-,30+,31-/m1/s1. The van der Waals surface area contributed by atoms with Crippen LogP contribution in [-0.4, -0.2) is 55.5 Å². The van der Waals surface area contributed by atoms with Gasteiger partial charge in [-0.05, 0) is 98.4 Å². The minimum Gasteiger partial charge on any atom is -0.458 e. The monoisotopic (exact) mass is 514 g/mol. The van der Waals surface area contributed by atoms with E-state index in [0.717, 1.165) is 19.3 Å². The third-order valence-corrected chi connectivity index (χ3v) is 12.1. The van der Waals surface area contributed by atoms with E-state index in [1.54, 1.807) is 24.3 Å². The van der Waals surface area contributed by atoms with Crippen molar-refractivity contribution in [1.29, 1.82) is 0 Å². The van der Waals surface area contributed by atoms with E-state index in [1.165, 1.54) is 44.1 Å². The Labute approximate surface area is 222 Å². The molecule has 6 heteroatoms. The fourth-order valence-corrected chi connectivity index (χ4v) is 9.65. The molecular formula is C31H46O6. The highest BCUT2D eigenvalue weighted by molar-refractivity contribution is 5.85. The summed E-state index contributed by atoms with van der Waals surface area (Å²) in [6.07, 6.45) is 11.6. The lowest BCUT2D eigenvalue weighted by molar-refractivity contribution is -0.273. The molecular weight excluding hydrogens is 468 g/mol. The van der Waals surface area contributed by atoms with E-state index >= 15 is 0 Å². The van der Waals surface area contributed by atoms with Crippen LogP contribution < -0.4 is 0 Å². The lowest BCUT2D eigenvalue weighted by Gasteiger charge is -2.62. The van der Waals surface area contributed by atoms with E-state index < -0.39 is 6.10 Å². The molecule has 37 heavy (non-hydrogen) atoms. The molecule has 6 aliphatic rings. The van der Waals surface area contributed by atoms with E-state index in [4.69, 9.17) is 18.9 Å². The first-order chi connectivity index (χ1) is 17.6. The number of methoxy groups -OCH3 is 1. The zero-order valence-corrected chi connectivity index (χ0v) is 23.4. The lowest BCUT2D eigenvalue weighted by Crippen LogP contribution is -2.55. The Morgan fingerprint density at radius 1 is 1.05 bits per heavy atom. The number of cyclic esters (lactones) is 1. The molecule has 6 rings (SSSR count). The van der Waals surface area contributed by atoms with Crippen molar-refractivity contribution in [2.24, 2.45) is 28.1 Å². The van der Waals surface area contributed by atoms with Crippen molar-refractivity contribution in [1.82, 2.24) is 0 Å². The van der Waals surface area contributed by atoms with Crippen LogP contribution in [0.2, 0.25) is 0 Å². The third-order valence-electron chi connectivity index (χ3n) is 12.1. The van der Waals surface area contributed by atoms with Gasteiger partial charge in [-0.2, -0.15) is 0 Å². The van der Waals surface area contributed by atoms with Crippen LogP contribution in [0.15, 0.2) is 22.8 Å². The van der Waals surface area contributed by atoms with Gasteiger partial charge in [-0.15, -0.1) is 0 Å². The van der Waals surface area contributed by atoms with Crippen LogP contribution in [0, 0.1) is 28.1 Å². The van der Waals surface area contributed by atoms with Crippen molar-refractivity contribution >= 4 is 5.97 Å². The second-order valence-electron chi connectivity index (χ2n) is 13.7. The van der Waals surface area contributed by atoms with Gasteiger partial charge in [-0.3, -0.25) is 0 Å². The van der Waals surface area contributed by atoms with E-state index in [9.17, 15) is 9.90 Å². The second-order valence-corrected chi connectivity index (χ2v) is 13.7. The number of esters is 1. The van der Waals surface area contributed by atoms with Crippen molar-refractivity contribution in [3.8, 4) is 0 Å². The summed E-state index contributed by atoms with van der Waals surface area (Å²) in [6, 6.07) is 0. The SMILES string of the molecule is CO[C@@H]1C[C@H](O[C@@H]2CC[C@]3(C)[C@@H]4CC[C@]5(C)C(=C4CC[C@]3(C)C2)CC[C@@H]5C2=CC(=O)OC2)O[C@H](C)[C@@H]1O. The van der Waals surface area contributed by atoms with Crippen molar-refractivity contribution in [3.05, 3.63) is 22.8 Å². The molecule has 0 aromatic rings. The second kappa shape index (κ2) is 9.18. The number of carbonyl (C=O) groups excluding carboxylic acids is 1. The Balaban J connectivity index is 1.19. The van der Waals surface area contributed by atoms with Crippen molar-refractivity contribution in [2.75, 3.05) is 13.7 Å². The lowest BCUT2D eigenvalue weighted by atomic mass is 9.43. The molecule has 0 aromatic carbocycles. The van der Waals surface area contributed by atoms with Crippen LogP contribution in [-0.2, 0) is 23.7 Å². The van der Waals surface area contributed by atoms with Crippen LogP contribution in [0.1, 0.15) is 91.9 Å². The van der Waals surface area contributed by atoms with Gasteiger partial charge in [0.05, 0.1) is 18.3 Å². The number of carbonyl (C=O) groups is 1. The number of hydrogen-bond donors (Lipinski definition) is 1. The molecule has 206 valence electrons.